The molecule has 0 aliphatic carbocycles. The van der Waals surface area contributed by atoms with Crippen molar-refractivity contribution < 1.29 is 4.42 Å². The molecule has 0 bridgehead atoms. The molecule has 3 aromatic heterocycles. The molecule has 0 saturated heterocycles. The van der Waals surface area contributed by atoms with Crippen LogP contribution in [0.2, 0.25) is 0 Å². The van der Waals surface area contributed by atoms with Crippen molar-refractivity contribution in [1.82, 2.24) is 9.55 Å². The van der Waals surface area contributed by atoms with Crippen LogP contribution in [0.1, 0.15) is 0 Å². The Morgan fingerprint density at radius 3 is 2.36 bits per heavy atom. The molecule has 36 heavy (non-hydrogen) atoms. The van der Waals surface area contributed by atoms with Crippen molar-refractivity contribution in [3.8, 4) is 16.8 Å². The van der Waals surface area contributed by atoms with Crippen LogP contribution in [0.4, 0.5) is 0 Å². The van der Waals surface area contributed by atoms with Gasteiger partial charge in [0.2, 0.25) is 0 Å². The molecule has 3 nitrogen and oxygen atoms in total. The third-order valence-corrected chi connectivity index (χ3v) is 7.30. The molecule has 0 saturated carbocycles. The van der Waals surface area contributed by atoms with E-state index in [4.69, 9.17) is 4.42 Å². The van der Waals surface area contributed by atoms with Gasteiger partial charge in [0.1, 0.15) is 5.58 Å². The number of benzene rings is 5. The van der Waals surface area contributed by atoms with E-state index in [1.54, 1.807) is 6.26 Å². The van der Waals surface area contributed by atoms with E-state index < -0.39 is 0 Å². The summed E-state index contributed by atoms with van der Waals surface area (Å²) in [5.74, 6) is 0. The standard InChI is InChI=1S/C33H20N2O/c1-2-8-24(9-3-1)35-31-11-5-4-10-25(31)30-18-28-26(22-7-6-13-34-20-22)16-23-17-33-21(12-14-36-33)15-27(23)29(28)19-32(30)35/h1-20H. The van der Waals surface area contributed by atoms with Crippen molar-refractivity contribution >= 4 is 54.3 Å². The smallest absolute Gasteiger partial charge is 0.134 e. The third kappa shape index (κ3) is 2.71. The highest BCUT2D eigenvalue weighted by atomic mass is 16.3. The van der Waals surface area contributed by atoms with Gasteiger partial charge >= 0.3 is 0 Å². The first-order chi connectivity index (χ1) is 17.8. The Hall–Kier alpha value is -4.89. The van der Waals surface area contributed by atoms with Crippen molar-refractivity contribution in [2.24, 2.45) is 0 Å². The fourth-order valence-corrected chi connectivity index (χ4v) is 5.69. The van der Waals surface area contributed by atoms with E-state index in [0.717, 1.165) is 27.6 Å². The molecule has 0 atom stereocenters. The van der Waals surface area contributed by atoms with Crippen LogP contribution in [0.15, 0.2) is 126 Å². The maximum Gasteiger partial charge on any atom is 0.134 e. The van der Waals surface area contributed by atoms with E-state index in [-0.39, 0.29) is 0 Å². The minimum atomic E-state index is 0.901. The van der Waals surface area contributed by atoms with Crippen molar-refractivity contribution in [1.29, 1.82) is 0 Å². The van der Waals surface area contributed by atoms with Crippen LogP contribution in [0.3, 0.4) is 0 Å². The highest BCUT2D eigenvalue weighted by Gasteiger charge is 2.17. The average Bonchev–Trinajstić information content (AvgIpc) is 3.53. The van der Waals surface area contributed by atoms with Gasteiger partial charge in [-0.1, -0.05) is 42.5 Å². The highest BCUT2D eigenvalue weighted by Crippen LogP contribution is 2.41. The summed E-state index contributed by atoms with van der Waals surface area (Å²) in [6, 6.07) is 36.9. The lowest BCUT2D eigenvalue weighted by Crippen LogP contribution is -1.93. The second kappa shape index (κ2) is 7.30. The predicted octanol–water partition coefficient (Wildman–Crippen LogP) is 8.90. The zero-order valence-electron chi connectivity index (χ0n) is 19.3. The molecule has 0 aliphatic heterocycles. The lowest BCUT2D eigenvalue weighted by Gasteiger charge is -2.13. The van der Waals surface area contributed by atoms with Gasteiger partial charge in [-0.2, -0.15) is 0 Å². The third-order valence-electron chi connectivity index (χ3n) is 7.30. The zero-order valence-corrected chi connectivity index (χ0v) is 19.3. The van der Waals surface area contributed by atoms with E-state index in [2.05, 4.69) is 101 Å². The van der Waals surface area contributed by atoms with Gasteiger partial charge < -0.3 is 8.98 Å². The van der Waals surface area contributed by atoms with Gasteiger partial charge in [0, 0.05) is 39.8 Å². The molecule has 0 radical (unpaired) electrons. The van der Waals surface area contributed by atoms with Crippen molar-refractivity contribution in [3.63, 3.8) is 0 Å². The maximum atomic E-state index is 5.75. The Morgan fingerprint density at radius 2 is 1.47 bits per heavy atom. The normalized spacial score (nSPS) is 11.9. The van der Waals surface area contributed by atoms with Crippen LogP contribution in [0.5, 0.6) is 0 Å². The summed E-state index contributed by atoms with van der Waals surface area (Å²) >= 11 is 0. The minimum Gasteiger partial charge on any atom is -0.464 e. The lowest BCUT2D eigenvalue weighted by molar-refractivity contribution is 0.616. The molecular weight excluding hydrogens is 440 g/mol. The van der Waals surface area contributed by atoms with Gasteiger partial charge in [-0.3, -0.25) is 4.98 Å². The van der Waals surface area contributed by atoms with Gasteiger partial charge in [0.05, 0.1) is 17.3 Å². The molecule has 0 spiro atoms. The number of hydrogen-bond donors (Lipinski definition) is 0. The first-order valence-electron chi connectivity index (χ1n) is 12.1. The van der Waals surface area contributed by atoms with Crippen LogP contribution in [0.25, 0.3) is 71.1 Å². The second-order valence-corrected chi connectivity index (χ2v) is 9.30. The number of nitrogens with zero attached hydrogens (tertiary/aromatic N) is 2. The van der Waals surface area contributed by atoms with Gasteiger partial charge in [0.15, 0.2) is 0 Å². The number of hydrogen-bond acceptors (Lipinski definition) is 2. The van der Waals surface area contributed by atoms with Crippen molar-refractivity contribution in [2.75, 3.05) is 0 Å². The van der Waals surface area contributed by atoms with Crippen LogP contribution < -0.4 is 0 Å². The number of aromatic nitrogens is 2. The SMILES string of the molecule is c1ccc(-n2c3ccccc3c3cc4c(-c5cccnc5)cc5cc6occc6cc5c4cc32)cc1. The summed E-state index contributed by atoms with van der Waals surface area (Å²) in [6.45, 7) is 0. The number of fused-ring (bicyclic) bond motifs is 7. The molecule has 5 aromatic carbocycles. The molecule has 0 amide bonds. The van der Waals surface area contributed by atoms with Crippen molar-refractivity contribution in [2.45, 2.75) is 0 Å². The van der Waals surface area contributed by atoms with Gasteiger partial charge in [-0.25, -0.2) is 0 Å². The molecule has 8 aromatic rings. The summed E-state index contributed by atoms with van der Waals surface area (Å²) in [4.78, 5) is 4.42. The highest BCUT2D eigenvalue weighted by molar-refractivity contribution is 6.22. The summed E-state index contributed by atoms with van der Waals surface area (Å²) in [5.41, 5.74) is 6.75. The Morgan fingerprint density at radius 1 is 0.583 bits per heavy atom. The number of rotatable bonds is 2. The lowest BCUT2D eigenvalue weighted by atomic mass is 9.92. The molecular formula is C33H20N2O. The molecule has 3 heteroatoms. The maximum absolute atomic E-state index is 5.75. The molecule has 8 rings (SSSR count). The van der Waals surface area contributed by atoms with E-state index in [0.29, 0.717) is 0 Å². The summed E-state index contributed by atoms with van der Waals surface area (Å²) in [6.07, 6.45) is 5.54. The fraction of sp³-hybridized carbons (Fsp3) is 0. The van der Waals surface area contributed by atoms with E-state index in [1.165, 1.54) is 43.5 Å². The molecule has 3 heterocycles. The quantitative estimate of drug-likeness (QED) is 0.241. The van der Waals surface area contributed by atoms with Crippen LogP contribution in [-0.4, -0.2) is 9.55 Å². The van der Waals surface area contributed by atoms with E-state index in [9.17, 15) is 0 Å². The molecule has 0 aliphatic rings. The molecule has 0 fully saturated rings. The topological polar surface area (TPSA) is 31.0 Å². The second-order valence-electron chi connectivity index (χ2n) is 9.30. The van der Waals surface area contributed by atoms with Gasteiger partial charge in [-0.15, -0.1) is 0 Å². The molecule has 0 unspecified atom stereocenters. The van der Waals surface area contributed by atoms with E-state index in [1.807, 2.05) is 24.5 Å². The van der Waals surface area contributed by atoms with E-state index >= 15 is 0 Å². The average molecular weight is 461 g/mol. The predicted molar refractivity (Wildman–Crippen MR) is 149 cm³/mol. The Balaban J connectivity index is 1.61. The number of para-hydroxylation sites is 2. The van der Waals surface area contributed by atoms with Gasteiger partial charge in [0.25, 0.3) is 0 Å². The summed E-state index contributed by atoms with van der Waals surface area (Å²) in [5, 5.41) is 8.44. The summed E-state index contributed by atoms with van der Waals surface area (Å²) in [7, 11) is 0. The molecule has 0 N–H and O–H groups in total. The van der Waals surface area contributed by atoms with Crippen LogP contribution in [-0.2, 0) is 0 Å². The fourth-order valence-electron chi connectivity index (χ4n) is 5.69. The zero-order chi connectivity index (χ0) is 23.6. The monoisotopic (exact) mass is 460 g/mol. The first-order valence-corrected chi connectivity index (χ1v) is 12.1. The number of furan rings is 1. The Labute approximate surface area is 206 Å². The minimum absolute atomic E-state index is 0.901. The summed E-state index contributed by atoms with van der Waals surface area (Å²) < 4.78 is 8.13. The largest absolute Gasteiger partial charge is 0.464 e. The Kier molecular flexibility index (Phi) is 3.94. The number of pyridine rings is 1. The van der Waals surface area contributed by atoms with Gasteiger partial charge in [-0.05, 0) is 87.8 Å². The van der Waals surface area contributed by atoms with Crippen molar-refractivity contribution in [3.05, 3.63) is 122 Å². The first kappa shape index (κ1) is 19.4. The van der Waals surface area contributed by atoms with Crippen LogP contribution >= 0.6 is 0 Å². The molecule has 168 valence electrons. The van der Waals surface area contributed by atoms with Crippen LogP contribution in [0, 0.1) is 0 Å². The Bertz CT molecular complexity index is 2080.